The highest BCUT2D eigenvalue weighted by Crippen LogP contribution is 2.28. The summed E-state index contributed by atoms with van der Waals surface area (Å²) < 4.78 is 24.7. The quantitative estimate of drug-likeness (QED) is 0.759. The molecule has 5 heteroatoms. The lowest BCUT2D eigenvalue weighted by molar-refractivity contribution is 0.199. The van der Waals surface area contributed by atoms with Gasteiger partial charge in [-0.25, -0.2) is 4.39 Å². The SMILES string of the molecule is COCCNCc1cc(Br)ccc1Oc1ccc(F)cc1. The molecule has 0 fully saturated rings. The second-order valence-corrected chi connectivity index (χ2v) is 5.39. The summed E-state index contributed by atoms with van der Waals surface area (Å²) in [4.78, 5) is 0. The minimum Gasteiger partial charge on any atom is -0.457 e. The second-order valence-electron chi connectivity index (χ2n) is 4.48. The van der Waals surface area contributed by atoms with Crippen molar-refractivity contribution in [2.45, 2.75) is 6.54 Å². The Balaban J connectivity index is 2.08. The van der Waals surface area contributed by atoms with Gasteiger partial charge >= 0.3 is 0 Å². The predicted octanol–water partition coefficient (Wildman–Crippen LogP) is 4.12. The predicted molar refractivity (Wildman–Crippen MR) is 84.2 cm³/mol. The van der Waals surface area contributed by atoms with Crippen LogP contribution in [-0.4, -0.2) is 20.3 Å². The monoisotopic (exact) mass is 353 g/mol. The standard InChI is InChI=1S/C16H17BrFNO2/c1-20-9-8-19-11-12-10-13(17)2-7-16(12)21-15-5-3-14(18)4-6-15/h2-7,10,19H,8-9,11H2,1H3. The summed E-state index contributed by atoms with van der Waals surface area (Å²) in [6.45, 7) is 2.08. The first-order valence-electron chi connectivity index (χ1n) is 6.60. The molecule has 0 aromatic heterocycles. The van der Waals surface area contributed by atoms with E-state index in [0.717, 1.165) is 22.3 Å². The molecule has 2 aromatic rings. The highest BCUT2D eigenvalue weighted by molar-refractivity contribution is 9.10. The Morgan fingerprint density at radius 2 is 1.90 bits per heavy atom. The van der Waals surface area contributed by atoms with Crippen LogP contribution in [0.4, 0.5) is 4.39 Å². The van der Waals surface area contributed by atoms with Crippen molar-refractivity contribution < 1.29 is 13.9 Å². The molecule has 0 aliphatic carbocycles. The maximum Gasteiger partial charge on any atom is 0.131 e. The van der Waals surface area contributed by atoms with Gasteiger partial charge in [0.15, 0.2) is 0 Å². The summed E-state index contributed by atoms with van der Waals surface area (Å²) in [6.07, 6.45) is 0. The zero-order valence-electron chi connectivity index (χ0n) is 11.7. The molecule has 2 rings (SSSR count). The number of methoxy groups -OCH3 is 1. The maximum atomic E-state index is 12.9. The average Bonchev–Trinajstić information content (AvgIpc) is 2.48. The summed E-state index contributed by atoms with van der Waals surface area (Å²) in [5, 5.41) is 3.28. The molecule has 0 aliphatic rings. The Morgan fingerprint density at radius 3 is 2.62 bits per heavy atom. The lowest BCUT2D eigenvalue weighted by atomic mass is 10.2. The summed E-state index contributed by atoms with van der Waals surface area (Å²) in [7, 11) is 1.67. The molecule has 0 bridgehead atoms. The number of nitrogens with one attached hydrogen (secondary N) is 1. The van der Waals surface area contributed by atoms with E-state index in [4.69, 9.17) is 9.47 Å². The van der Waals surface area contributed by atoms with E-state index in [1.54, 1.807) is 19.2 Å². The number of hydrogen-bond acceptors (Lipinski definition) is 3. The van der Waals surface area contributed by atoms with Crippen molar-refractivity contribution in [1.82, 2.24) is 5.32 Å². The van der Waals surface area contributed by atoms with Crippen molar-refractivity contribution in [1.29, 1.82) is 0 Å². The van der Waals surface area contributed by atoms with Gasteiger partial charge < -0.3 is 14.8 Å². The number of hydrogen-bond donors (Lipinski definition) is 1. The molecular formula is C16H17BrFNO2. The molecule has 0 saturated carbocycles. The fourth-order valence-corrected chi connectivity index (χ4v) is 2.22. The van der Waals surface area contributed by atoms with Crippen LogP contribution in [0.1, 0.15) is 5.56 Å². The van der Waals surface area contributed by atoms with Crippen LogP contribution in [0, 0.1) is 5.82 Å². The van der Waals surface area contributed by atoms with E-state index in [-0.39, 0.29) is 5.82 Å². The van der Waals surface area contributed by atoms with Crippen LogP contribution in [0.25, 0.3) is 0 Å². The highest BCUT2D eigenvalue weighted by Gasteiger charge is 2.06. The molecule has 0 amide bonds. The third-order valence-electron chi connectivity index (χ3n) is 2.86. The molecule has 2 aromatic carbocycles. The van der Waals surface area contributed by atoms with E-state index in [1.165, 1.54) is 12.1 Å². The Kier molecular flexibility index (Phi) is 6.17. The normalized spacial score (nSPS) is 10.6. The van der Waals surface area contributed by atoms with E-state index < -0.39 is 0 Å². The summed E-state index contributed by atoms with van der Waals surface area (Å²) in [6, 6.07) is 11.8. The number of halogens is 2. The molecule has 0 aliphatic heterocycles. The summed E-state index contributed by atoms with van der Waals surface area (Å²) in [5.74, 6) is 1.08. The molecular weight excluding hydrogens is 337 g/mol. The Bertz CT molecular complexity index is 575. The van der Waals surface area contributed by atoms with Gasteiger partial charge in [-0.1, -0.05) is 15.9 Å². The van der Waals surface area contributed by atoms with Crippen molar-refractivity contribution in [3.8, 4) is 11.5 Å². The highest BCUT2D eigenvalue weighted by atomic mass is 79.9. The Morgan fingerprint density at radius 1 is 1.14 bits per heavy atom. The Labute approximate surface area is 132 Å². The molecule has 3 nitrogen and oxygen atoms in total. The lowest BCUT2D eigenvalue weighted by Crippen LogP contribution is -2.18. The van der Waals surface area contributed by atoms with Crippen molar-refractivity contribution in [2.24, 2.45) is 0 Å². The van der Waals surface area contributed by atoms with Crippen LogP contribution in [0.3, 0.4) is 0 Å². The zero-order chi connectivity index (χ0) is 15.1. The second kappa shape index (κ2) is 8.12. The molecule has 21 heavy (non-hydrogen) atoms. The van der Waals surface area contributed by atoms with Crippen LogP contribution in [0.5, 0.6) is 11.5 Å². The zero-order valence-corrected chi connectivity index (χ0v) is 13.3. The van der Waals surface area contributed by atoms with Gasteiger partial charge in [-0.05, 0) is 42.5 Å². The van der Waals surface area contributed by atoms with Crippen molar-refractivity contribution in [2.75, 3.05) is 20.3 Å². The molecule has 0 spiro atoms. The third kappa shape index (κ3) is 5.12. The van der Waals surface area contributed by atoms with E-state index in [2.05, 4.69) is 21.2 Å². The smallest absolute Gasteiger partial charge is 0.131 e. The maximum absolute atomic E-state index is 12.9. The molecule has 0 radical (unpaired) electrons. The number of rotatable bonds is 7. The van der Waals surface area contributed by atoms with E-state index >= 15 is 0 Å². The van der Waals surface area contributed by atoms with Gasteiger partial charge in [0, 0.05) is 30.2 Å². The van der Waals surface area contributed by atoms with Crippen molar-refractivity contribution in [3.05, 3.63) is 58.3 Å². The van der Waals surface area contributed by atoms with Gasteiger partial charge in [0.2, 0.25) is 0 Å². The number of benzene rings is 2. The van der Waals surface area contributed by atoms with E-state index in [9.17, 15) is 4.39 Å². The fourth-order valence-electron chi connectivity index (χ4n) is 1.81. The van der Waals surface area contributed by atoms with Crippen molar-refractivity contribution in [3.63, 3.8) is 0 Å². The van der Waals surface area contributed by atoms with E-state index in [0.29, 0.717) is 18.9 Å². The topological polar surface area (TPSA) is 30.5 Å². The third-order valence-corrected chi connectivity index (χ3v) is 3.36. The largest absolute Gasteiger partial charge is 0.457 e. The fraction of sp³-hybridized carbons (Fsp3) is 0.250. The van der Waals surface area contributed by atoms with Crippen LogP contribution in [0.15, 0.2) is 46.9 Å². The Hall–Kier alpha value is -1.43. The molecule has 0 heterocycles. The van der Waals surface area contributed by atoms with Crippen molar-refractivity contribution >= 4 is 15.9 Å². The first kappa shape index (κ1) is 15.9. The van der Waals surface area contributed by atoms with Gasteiger partial charge in [0.25, 0.3) is 0 Å². The van der Waals surface area contributed by atoms with Crippen LogP contribution in [0.2, 0.25) is 0 Å². The van der Waals surface area contributed by atoms with E-state index in [1.807, 2.05) is 18.2 Å². The molecule has 0 unspecified atom stereocenters. The molecule has 1 N–H and O–H groups in total. The minimum atomic E-state index is -0.278. The first-order chi connectivity index (χ1) is 10.2. The van der Waals surface area contributed by atoms with Gasteiger partial charge in [0.1, 0.15) is 17.3 Å². The van der Waals surface area contributed by atoms with Gasteiger partial charge in [-0.15, -0.1) is 0 Å². The van der Waals surface area contributed by atoms with Crippen LogP contribution >= 0.6 is 15.9 Å². The summed E-state index contributed by atoms with van der Waals surface area (Å²) in [5.41, 5.74) is 1.02. The minimum absolute atomic E-state index is 0.278. The average molecular weight is 354 g/mol. The van der Waals surface area contributed by atoms with Gasteiger partial charge in [-0.2, -0.15) is 0 Å². The molecule has 0 atom stereocenters. The lowest BCUT2D eigenvalue weighted by Gasteiger charge is -2.12. The van der Waals surface area contributed by atoms with Gasteiger partial charge in [-0.3, -0.25) is 0 Å². The number of ether oxygens (including phenoxy) is 2. The molecule has 112 valence electrons. The first-order valence-corrected chi connectivity index (χ1v) is 7.40. The summed E-state index contributed by atoms with van der Waals surface area (Å²) >= 11 is 3.46. The van der Waals surface area contributed by atoms with Crippen LogP contribution < -0.4 is 10.1 Å². The molecule has 0 saturated heterocycles. The van der Waals surface area contributed by atoms with Gasteiger partial charge in [0.05, 0.1) is 6.61 Å². The van der Waals surface area contributed by atoms with Crippen LogP contribution in [-0.2, 0) is 11.3 Å².